The monoisotopic (exact) mass is 229 g/mol. The van der Waals surface area contributed by atoms with Crippen molar-refractivity contribution in [1.29, 1.82) is 0 Å². The van der Waals surface area contributed by atoms with E-state index in [-0.39, 0.29) is 5.69 Å². The number of aromatic nitrogens is 2. The molecule has 82 valence electrons. The number of nitrogens with zero attached hydrogens (tertiary/aromatic N) is 2. The van der Waals surface area contributed by atoms with Gasteiger partial charge in [0.15, 0.2) is 5.69 Å². The molecular weight excluding hydrogens is 218 g/mol. The van der Waals surface area contributed by atoms with Gasteiger partial charge in [0, 0.05) is 5.38 Å². The van der Waals surface area contributed by atoms with Crippen LogP contribution in [0.25, 0.3) is 0 Å². The Bertz CT molecular complexity index is 339. The van der Waals surface area contributed by atoms with E-state index in [1.54, 1.807) is 0 Å². The van der Waals surface area contributed by atoms with Crippen LogP contribution in [0.15, 0.2) is 5.38 Å². The van der Waals surface area contributed by atoms with Crippen molar-refractivity contribution in [3.63, 3.8) is 0 Å². The molecule has 0 bridgehead atoms. The van der Waals surface area contributed by atoms with Crippen LogP contribution in [-0.4, -0.2) is 32.6 Å². The van der Waals surface area contributed by atoms with Crippen molar-refractivity contribution >= 4 is 23.4 Å². The summed E-state index contributed by atoms with van der Waals surface area (Å²) < 4.78 is 3.52. The Morgan fingerprint density at radius 3 is 2.87 bits per heavy atom. The third kappa shape index (κ3) is 3.28. The van der Waals surface area contributed by atoms with Gasteiger partial charge >= 0.3 is 5.97 Å². The van der Waals surface area contributed by atoms with Crippen LogP contribution in [0, 0.1) is 0 Å². The summed E-state index contributed by atoms with van der Waals surface area (Å²) in [5.41, 5.74) is 0.155. The fourth-order valence-electron chi connectivity index (χ4n) is 1.04. The van der Waals surface area contributed by atoms with Crippen molar-refractivity contribution in [2.75, 3.05) is 0 Å². The Hall–Kier alpha value is -1.50. The second kappa shape index (κ2) is 5.40. The Labute approximate surface area is 90.5 Å². The van der Waals surface area contributed by atoms with Crippen LogP contribution in [-0.2, 0) is 4.79 Å². The fraction of sp³-hybridized carbons (Fsp3) is 0.500. The maximum atomic E-state index is 11.4. The molecule has 1 unspecified atom stereocenters. The van der Waals surface area contributed by atoms with Crippen LogP contribution in [0.4, 0.5) is 0 Å². The molecule has 1 atom stereocenters. The molecule has 7 heteroatoms. The molecule has 0 radical (unpaired) electrons. The lowest BCUT2D eigenvalue weighted by Crippen LogP contribution is -2.40. The Kier molecular flexibility index (Phi) is 4.17. The van der Waals surface area contributed by atoms with Crippen LogP contribution < -0.4 is 5.32 Å². The van der Waals surface area contributed by atoms with Gasteiger partial charge in [-0.3, -0.25) is 4.79 Å². The molecule has 1 rings (SSSR count). The number of carboxylic acids is 1. The van der Waals surface area contributed by atoms with Gasteiger partial charge in [-0.2, -0.15) is 0 Å². The number of aliphatic carboxylic acids is 1. The van der Waals surface area contributed by atoms with E-state index < -0.39 is 17.9 Å². The average molecular weight is 229 g/mol. The third-order valence-corrected chi connectivity index (χ3v) is 2.28. The van der Waals surface area contributed by atoms with Crippen LogP contribution in [0.1, 0.15) is 30.3 Å². The molecule has 0 aliphatic carbocycles. The van der Waals surface area contributed by atoms with Gasteiger partial charge < -0.3 is 10.4 Å². The van der Waals surface area contributed by atoms with Gasteiger partial charge in [-0.15, -0.1) is 5.10 Å². The predicted molar refractivity (Wildman–Crippen MR) is 53.7 cm³/mol. The average Bonchev–Trinajstić information content (AvgIpc) is 2.69. The summed E-state index contributed by atoms with van der Waals surface area (Å²) in [4.78, 5) is 22.2. The van der Waals surface area contributed by atoms with Crippen molar-refractivity contribution < 1.29 is 14.7 Å². The molecule has 0 aromatic carbocycles. The van der Waals surface area contributed by atoms with Gasteiger partial charge in [0.25, 0.3) is 5.91 Å². The normalized spacial score (nSPS) is 12.1. The second-order valence-corrected chi connectivity index (χ2v) is 3.55. The van der Waals surface area contributed by atoms with Crippen LogP contribution >= 0.6 is 11.5 Å². The highest BCUT2D eigenvalue weighted by Crippen LogP contribution is 2.01. The lowest BCUT2D eigenvalue weighted by atomic mass is 10.1. The van der Waals surface area contributed by atoms with E-state index in [1.807, 2.05) is 6.92 Å². The number of hydrogen-bond donors (Lipinski definition) is 2. The highest BCUT2D eigenvalue weighted by atomic mass is 32.1. The highest BCUT2D eigenvalue weighted by molar-refractivity contribution is 7.03. The molecule has 0 saturated carbocycles. The second-order valence-electron chi connectivity index (χ2n) is 2.94. The molecule has 0 fully saturated rings. The van der Waals surface area contributed by atoms with Crippen molar-refractivity contribution in [3.05, 3.63) is 11.1 Å². The molecule has 6 nitrogen and oxygen atoms in total. The Morgan fingerprint density at radius 2 is 2.40 bits per heavy atom. The minimum atomic E-state index is -1.03. The van der Waals surface area contributed by atoms with E-state index in [2.05, 4.69) is 14.9 Å². The molecule has 0 saturated heterocycles. The van der Waals surface area contributed by atoms with E-state index in [0.717, 1.165) is 11.5 Å². The van der Waals surface area contributed by atoms with Crippen molar-refractivity contribution in [3.8, 4) is 0 Å². The zero-order valence-electron chi connectivity index (χ0n) is 8.14. The molecule has 1 amide bonds. The molecule has 2 N–H and O–H groups in total. The quantitative estimate of drug-likeness (QED) is 0.768. The zero-order chi connectivity index (χ0) is 11.3. The summed E-state index contributed by atoms with van der Waals surface area (Å²) in [5.74, 6) is -1.53. The lowest BCUT2D eigenvalue weighted by molar-refractivity contribution is -0.139. The number of amides is 1. The maximum Gasteiger partial charge on any atom is 0.326 e. The van der Waals surface area contributed by atoms with Gasteiger partial charge in [-0.05, 0) is 18.0 Å². The van der Waals surface area contributed by atoms with E-state index >= 15 is 0 Å². The largest absolute Gasteiger partial charge is 0.480 e. The zero-order valence-corrected chi connectivity index (χ0v) is 8.95. The summed E-state index contributed by atoms with van der Waals surface area (Å²) in [6.45, 7) is 1.85. The summed E-state index contributed by atoms with van der Waals surface area (Å²) in [6, 6.07) is -0.857. The fourth-order valence-corrected chi connectivity index (χ4v) is 1.48. The third-order valence-electron chi connectivity index (χ3n) is 1.77. The van der Waals surface area contributed by atoms with Gasteiger partial charge in [-0.25, -0.2) is 4.79 Å². The summed E-state index contributed by atoms with van der Waals surface area (Å²) >= 11 is 1.05. The number of hydrogen-bond acceptors (Lipinski definition) is 5. The first-order valence-electron chi connectivity index (χ1n) is 4.46. The Morgan fingerprint density at radius 1 is 1.67 bits per heavy atom. The molecule has 0 aliphatic rings. The minimum Gasteiger partial charge on any atom is -0.480 e. The molecule has 1 aromatic heterocycles. The topological polar surface area (TPSA) is 92.2 Å². The number of rotatable bonds is 5. The van der Waals surface area contributed by atoms with E-state index in [1.165, 1.54) is 5.38 Å². The van der Waals surface area contributed by atoms with Gasteiger partial charge in [-0.1, -0.05) is 17.8 Å². The first kappa shape index (κ1) is 11.6. The first-order chi connectivity index (χ1) is 7.15. The van der Waals surface area contributed by atoms with Gasteiger partial charge in [0.2, 0.25) is 0 Å². The summed E-state index contributed by atoms with van der Waals surface area (Å²) in [6.07, 6.45) is 1.09. The number of nitrogens with one attached hydrogen (secondary N) is 1. The van der Waals surface area contributed by atoms with Crippen molar-refractivity contribution in [1.82, 2.24) is 14.9 Å². The summed E-state index contributed by atoms with van der Waals surface area (Å²) in [5, 5.41) is 16.2. The predicted octanol–water partition coefficient (Wildman–Crippen LogP) is 0.521. The minimum absolute atomic E-state index is 0.155. The number of carboxylic acid groups (broad SMARTS) is 1. The van der Waals surface area contributed by atoms with E-state index in [4.69, 9.17) is 5.11 Å². The molecule has 0 spiro atoms. The summed E-state index contributed by atoms with van der Waals surface area (Å²) in [7, 11) is 0. The molecular formula is C8H11N3O3S. The molecule has 0 aliphatic heterocycles. The van der Waals surface area contributed by atoms with Crippen molar-refractivity contribution in [2.24, 2.45) is 0 Å². The van der Waals surface area contributed by atoms with Crippen LogP contribution in [0.3, 0.4) is 0 Å². The number of carbonyl (C=O) groups is 2. The standard InChI is InChI=1S/C8H11N3O3S/c1-2-3-5(8(13)14)9-7(12)6-4-15-11-10-6/h4-5H,2-3H2,1H3,(H,9,12)(H,13,14). The lowest BCUT2D eigenvalue weighted by Gasteiger charge is -2.11. The van der Waals surface area contributed by atoms with Crippen LogP contribution in [0.5, 0.6) is 0 Å². The van der Waals surface area contributed by atoms with Crippen LogP contribution in [0.2, 0.25) is 0 Å². The number of carbonyl (C=O) groups excluding carboxylic acids is 1. The molecule has 1 aromatic rings. The van der Waals surface area contributed by atoms with E-state index in [0.29, 0.717) is 12.8 Å². The van der Waals surface area contributed by atoms with Crippen molar-refractivity contribution in [2.45, 2.75) is 25.8 Å². The highest BCUT2D eigenvalue weighted by Gasteiger charge is 2.20. The van der Waals surface area contributed by atoms with E-state index in [9.17, 15) is 9.59 Å². The van der Waals surface area contributed by atoms with Gasteiger partial charge in [0.05, 0.1) is 0 Å². The first-order valence-corrected chi connectivity index (χ1v) is 5.29. The molecule has 1 heterocycles. The SMILES string of the molecule is CCCC(NC(=O)c1csnn1)C(=O)O. The maximum absolute atomic E-state index is 11.4. The Balaban J connectivity index is 2.59. The smallest absolute Gasteiger partial charge is 0.326 e. The van der Waals surface area contributed by atoms with Gasteiger partial charge in [0.1, 0.15) is 6.04 Å². The molecule has 15 heavy (non-hydrogen) atoms.